The molecule has 0 atom stereocenters. The lowest BCUT2D eigenvalue weighted by Crippen LogP contribution is -2.30. The zero-order valence-electron chi connectivity index (χ0n) is 17.2. The van der Waals surface area contributed by atoms with Crippen LogP contribution in [0.15, 0.2) is 53.6 Å². The predicted octanol–water partition coefficient (Wildman–Crippen LogP) is 4.36. The number of sulfonamides is 1. The summed E-state index contributed by atoms with van der Waals surface area (Å²) in [6, 6.07) is 11.1. The molecule has 0 radical (unpaired) electrons. The first-order valence-electron chi connectivity index (χ1n) is 9.55. The number of hydrogen-bond donors (Lipinski definition) is 0. The molecule has 0 aliphatic carbocycles. The van der Waals surface area contributed by atoms with Crippen LogP contribution in [0.5, 0.6) is 0 Å². The Kier molecular flexibility index (Phi) is 6.19. The first-order chi connectivity index (χ1) is 13.7. The van der Waals surface area contributed by atoms with Crippen LogP contribution in [0.1, 0.15) is 34.9 Å². The second-order valence-electron chi connectivity index (χ2n) is 7.24. The van der Waals surface area contributed by atoms with Crippen LogP contribution in [-0.4, -0.2) is 22.5 Å². The molecule has 29 heavy (non-hydrogen) atoms. The number of rotatable bonds is 7. The normalized spacial score (nSPS) is 11.9. The highest BCUT2D eigenvalue weighted by Crippen LogP contribution is 2.24. The molecule has 0 saturated heterocycles. The molecular formula is C22H26FN3O2S. The van der Waals surface area contributed by atoms with Gasteiger partial charge in [-0.15, -0.1) is 0 Å². The molecule has 0 spiro atoms. The monoisotopic (exact) mass is 415 g/mol. The van der Waals surface area contributed by atoms with E-state index < -0.39 is 10.0 Å². The number of aromatic nitrogens is 2. The topological polar surface area (TPSA) is 55.2 Å². The second kappa shape index (κ2) is 8.47. The van der Waals surface area contributed by atoms with Crippen molar-refractivity contribution in [3.05, 3.63) is 82.4 Å². The van der Waals surface area contributed by atoms with E-state index in [0.29, 0.717) is 6.54 Å². The average molecular weight is 416 g/mol. The highest BCUT2D eigenvalue weighted by molar-refractivity contribution is 7.89. The van der Waals surface area contributed by atoms with Gasteiger partial charge in [0.15, 0.2) is 0 Å². The first-order valence-corrected chi connectivity index (χ1v) is 11.0. The van der Waals surface area contributed by atoms with Crippen LogP contribution in [0.3, 0.4) is 0 Å². The molecule has 5 nitrogen and oxygen atoms in total. The fraction of sp³-hybridized carbons (Fsp3) is 0.318. The molecule has 0 amide bonds. The first kappa shape index (κ1) is 21.2. The van der Waals surface area contributed by atoms with Crippen LogP contribution < -0.4 is 0 Å². The molecule has 0 fully saturated rings. The molecule has 0 aliphatic heterocycles. The van der Waals surface area contributed by atoms with Crippen molar-refractivity contribution >= 4 is 10.0 Å². The fourth-order valence-corrected chi connectivity index (χ4v) is 4.60. The molecule has 2 aromatic carbocycles. The van der Waals surface area contributed by atoms with Crippen molar-refractivity contribution in [2.75, 3.05) is 0 Å². The van der Waals surface area contributed by atoms with Gasteiger partial charge in [0.1, 0.15) is 5.82 Å². The Hall–Kier alpha value is -2.51. The van der Waals surface area contributed by atoms with Crippen molar-refractivity contribution in [3.8, 4) is 0 Å². The van der Waals surface area contributed by atoms with Crippen LogP contribution in [-0.2, 0) is 29.7 Å². The summed E-state index contributed by atoms with van der Waals surface area (Å²) in [6.07, 6.45) is 1.88. The molecule has 3 aromatic rings. The SMILES string of the molecule is CCn1cc(CN(Cc2ccc(F)cc2)S(=O)(=O)c2ccc(C)c(C)c2)c(C)n1. The maximum Gasteiger partial charge on any atom is 0.243 e. The van der Waals surface area contributed by atoms with E-state index >= 15 is 0 Å². The van der Waals surface area contributed by atoms with E-state index in [0.717, 1.165) is 27.9 Å². The lowest BCUT2D eigenvalue weighted by atomic mass is 10.1. The third-order valence-corrected chi connectivity index (χ3v) is 6.89. The van der Waals surface area contributed by atoms with Gasteiger partial charge in [-0.25, -0.2) is 12.8 Å². The van der Waals surface area contributed by atoms with Gasteiger partial charge in [0.2, 0.25) is 10.0 Å². The zero-order chi connectivity index (χ0) is 21.2. The van der Waals surface area contributed by atoms with Crippen molar-refractivity contribution in [2.45, 2.75) is 52.2 Å². The molecule has 0 N–H and O–H groups in total. The van der Waals surface area contributed by atoms with Gasteiger partial charge in [-0.1, -0.05) is 18.2 Å². The Bertz CT molecular complexity index is 1110. The quantitative estimate of drug-likeness (QED) is 0.576. The van der Waals surface area contributed by atoms with Crippen molar-refractivity contribution < 1.29 is 12.8 Å². The molecule has 154 valence electrons. The number of hydrogen-bond acceptors (Lipinski definition) is 3. The van der Waals surface area contributed by atoms with E-state index in [1.54, 1.807) is 28.9 Å². The minimum Gasteiger partial charge on any atom is -0.272 e. The van der Waals surface area contributed by atoms with Gasteiger partial charge in [-0.2, -0.15) is 9.40 Å². The van der Waals surface area contributed by atoms with E-state index in [4.69, 9.17) is 0 Å². The van der Waals surface area contributed by atoms with Crippen LogP contribution >= 0.6 is 0 Å². The van der Waals surface area contributed by atoms with Gasteiger partial charge in [0.05, 0.1) is 10.6 Å². The number of benzene rings is 2. The summed E-state index contributed by atoms with van der Waals surface area (Å²) < 4.78 is 43.5. The number of halogens is 1. The molecule has 0 unspecified atom stereocenters. The molecule has 1 aromatic heterocycles. The van der Waals surface area contributed by atoms with Gasteiger partial charge < -0.3 is 0 Å². The standard InChI is InChI=1S/C22H26FN3O2S/c1-5-25-14-20(18(4)24-25)15-26(13-19-7-9-21(23)10-8-19)29(27,28)22-11-6-16(2)17(3)12-22/h6-12,14H,5,13,15H2,1-4H3. The highest BCUT2D eigenvalue weighted by Gasteiger charge is 2.26. The number of aryl methyl sites for hydroxylation is 4. The summed E-state index contributed by atoms with van der Waals surface area (Å²) >= 11 is 0. The van der Waals surface area contributed by atoms with Crippen molar-refractivity contribution in [1.82, 2.24) is 14.1 Å². The Balaban J connectivity index is 2.01. The van der Waals surface area contributed by atoms with Crippen LogP contribution in [0.4, 0.5) is 4.39 Å². The Labute approximate surface area is 171 Å². The predicted molar refractivity (Wildman–Crippen MR) is 111 cm³/mol. The third kappa shape index (κ3) is 4.74. The Morgan fingerprint density at radius 3 is 2.28 bits per heavy atom. The maximum absolute atomic E-state index is 13.5. The fourth-order valence-electron chi connectivity index (χ4n) is 3.11. The zero-order valence-corrected chi connectivity index (χ0v) is 18.0. The minimum absolute atomic E-state index is 0.145. The molecule has 7 heteroatoms. The van der Waals surface area contributed by atoms with Crippen LogP contribution in [0.2, 0.25) is 0 Å². The Morgan fingerprint density at radius 2 is 1.69 bits per heavy atom. The smallest absolute Gasteiger partial charge is 0.243 e. The largest absolute Gasteiger partial charge is 0.272 e. The molecule has 3 rings (SSSR count). The molecule has 1 heterocycles. The average Bonchev–Trinajstić information content (AvgIpc) is 3.04. The summed E-state index contributed by atoms with van der Waals surface area (Å²) in [5.74, 6) is -0.350. The van der Waals surface area contributed by atoms with Crippen molar-refractivity contribution in [3.63, 3.8) is 0 Å². The second-order valence-corrected chi connectivity index (χ2v) is 9.18. The van der Waals surface area contributed by atoms with Crippen molar-refractivity contribution in [2.24, 2.45) is 0 Å². The summed E-state index contributed by atoms with van der Waals surface area (Å²) in [7, 11) is -3.76. The molecule has 0 aliphatic rings. The van der Waals surface area contributed by atoms with E-state index in [2.05, 4.69) is 5.10 Å². The summed E-state index contributed by atoms with van der Waals surface area (Å²) in [5, 5.41) is 4.43. The molecular weight excluding hydrogens is 389 g/mol. The van der Waals surface area contributed by atoms with E-state index in [1.165, 1.54) is 16.4 Å². The van der Waals surface area contributed by atoms with Crippen LogP contribution in [0, 0.1) is 26.6 Å². The molecule has 0 saturated carbocycles. The highest BCUT2D eigenvalue weighted by atomic mass is 32.2. The summed E-state index contributed by atoms with van der Waals surface area (Å²) in [4.78, 5) is 0.253. The lowest BCUT2D eigenvalue weighted by Gasteiger charge is -2.23. The van der Waals surface area contributed by atoms with Gasteiger partial charge in [0, 0.05) is 31.4 Å². The van der Waals surface area contributed by atoms with E-state index in [9.17, 15) is 12.8 Å². The number of nitrogens with zero attached hydrogens (tertiary/aromatic N) is 3. The minimum atomic E-state index is -3.76. The van der Waals surface area contributed by atoms with Gasteiger partial charge in [-0.05, 0) is 68.7 Å². The third-order valence-electron chi connectivity index (χ3n) is 5.11. The molecule has 0 bridgehead atoms. The lowest BCUT2D eigenvalue weighted by molar-refractivity contribution is 0.400. The van der Waals surface area contributed by atoms with Crippen molar-refractivity contribution in [1.29, 1.82) is 0 Å². The Morgan fingerprint density at radius 1 is 1.00 bits per heavy atom. The van der Waals surface area contributed by atoms with Gasteiger partial charge in [-0.3, -0.25) is 4.68 Å². The van der Waals surface area contributed by atoms with E-state index in [1.807, 2.05) is 40.0 Å². The van der Waals surface area contributed by atoms with Gasteiger partial charge in [0.25, 0.3) is 0 Å². The summed E-state index contributed by atoms with van der Waals surface area (Å²) in [6.45, 7) is 8.75. The van der Waals surface area contributed by atoms with Crippen LogP contribution in [0.25, 0.3) is 0 Å². The van der Waals surface area contributed by atoms with E-state index in [-0.39, 0.29) is 23.8 Å². The van der Waals surface area contributed by atoms with Gasteiger partial charge >= 0.3 is 0 Å². The maximum atomic E-state index is 13.5. The summed E-state index contributed by atoms with van der Waals surface area (Å²) in [5.41, 5.74) is 4.32.